The molecule has 0 aromatic heterocycles. The molecule has 42 heavy (non-hydrogen) atoms. The van der Waals surface area contributed by atoms with E-state index >= 15 is 0 Å². The molecule has 5 N–H and O–H groups in total. The Morgan fingerprint density at radius 1 is 0.667 bits per heavy atom. The number of ether oxygens (including phenoxy) is 4. The number of amides is 2. The summed E-state index contributed by atoms with van der Waals surface area (Å²) in [6.07, 6.45) is 0. The van der Waals surface area contributed by atoms with E-state index in [1.807, 2.05) is 26.0 Å². The normalized spacial score (nSPS) is 10.4. The molecule has 0 atom stereocenters. The third-order valence-corrected chi connectivity index (χ3v) is 6.22. The lowest BCUT2D eigenvalue weighted by atomic mass is 10.1. The highest BCUT2D eigenvalue weighted by Gasteiger charge is 2.23. The summed E-state index contributed by atoms with van der Waals surface area (Å²) < 4.78 is 23.1. The van der Waals surface area contributed by atoms with Crippen LogP contribution in [0.5, 0.6) is 23.0 Å². The number of anilines is 5. The molecule has 0 aliphatic rings. The zero-order chi connectivity index (χ0) is 30.1. The van der Waals surface area contributed by atoms with Gasteiger partial charge in [0.2, 0.25) is 0 Å². The van der Waals surface area contributed by atoms with Crippen LogP contribution in [0.15, 0.2) is 78.9 Å². The van der Waals surface area contributed by atoms with Crippen molar-refractivity contribution < 1.29 is 28.5 Å². The highest BCUT2D eigenvalue weighted by molar-refractivity contribution is 6.08. The number of nitrogens with two attached hydrogens (primary N) is 1. The van der Waals surface area contributed by atoms with Crippen molar-refractivity contribution in [1.82, 2.24) is 0 Å². The van der Waals surface area contributed by atoms with Crippen LogP contribution in [0.2, 0.25) is 0 Å². The first-order valence-corrected chi connectivity index (χ1v) is 13.4. The molecule has 0 heterocycles. The molecule has 0 bridgehead atoms. The van der Waals surface area contributed by atoms with E-state index in [1.165, 1.54) is 14.2 Å². The van der Waals surface area contributed by atoms with Gasteiger partial charge in [-0.05, 0) is 38.1 Å². The van der Waals surface area contributed by atoms with Gasteiger partial charge in [-0.1, -0.05) is 36.4 Å². The molecule has 2 amide bonds. The molecule has 4 rings (SSSR count). The predicted octanol–water partition coefficient (Wildman–Crippen LogP) is 6.33. The summed E-state index contributed by atoms with van der Waals surface area (Å²) in [5, 5.41) is 9.04. The van der Waals surface area contributed by atoms with E-state index in [1.54, 1.807) is 66.7 Å². The first-order valence-electron chi connectivity index (χ1n) is 13.4. The van der Waals surface area contributed by atoms with Crippen LogP contribution in [-0.4, -0.2) is 39.2 Å². The largest absolute Gasteiger partial charge is 0.494 e. The van der Waals surface area contributed by atoms with Crippen molar-refractivity contribution in [1.29, 1.82) is 0 Å². The average Bonchev–Trinajstić information content (AvgIpc) is 3.02. The van der Waals surface area contributed by atoms with E-state index in [0.717, 1.165) is 0 Å². The maximum atomic E-state index is 13.0. The third kappa shape index (κ3) is 6.67. The van der Waals surface area contributed by atoms with Crippen LogP contribution in [0.25, 0.3) is 0 Å². The fourth-order valence-electron chi connectivity index (χ4n) is 4.25. The summed E-state index contributed by atoms with van der Waals surface area (Å²) in [7, 11) is 3.02. The lowest BCUT2D eigenvalue weighted by Gasteiger charge is -2.22. The van der Waals surface area contributed by atoms with Gasteiger partial charge < -0.3 is 40.6 Å². The van der Waals surface area contributed by atoms with Crippen LogP contribution in [-0.2, 0) is 0 Å². The Hall–Kier alpha value is -5.38. The van der Waals surface area contributed by atoms with Crippen LogP contribution in [0.3, 0.4) is 0 Å². The molecule has 10 nitrogen and oxygen atoms in total. The number of methoxy groups -OCH3 is 2. The van der Waals surface area contributed by atoms with Gasteiger partial charge in [0, 0.05) is 29.3 Å². The zero-order valence-electron chi connectivity index (χ0n) is 23.9. The van der Waals surface area contributed by atoms with Crippen LogP contribution >= 0.6 is 0 Å². The van der Waals surface area contributed by atoms with Crippen molar-refractivity contribution in [3.8, 4) is 23.0 Å². The summed E-state index contributed by atoms with van der Waals surface area (Å²) in [5.41, 5.74) is 9.43. The van der Waals surface area contributed by atoms with Crippen LogP contribution in [0.4, 0.5) is 28.4 Å². The van der Waals surface area contributed by atoms with E-state index in [4.69, 9.17) is 24.7 Å². The fourth-order valence-corrected chi connectivity index (χ4v) is 4.25. The van der Waals surface area contributed by atoms with Crippen LogP contribution in [0.1, 0.15) is 34.6 Å². The number of rotatable bonds is 12. The summed E-state index contributed by atoms with van der Waals surface area (Å²) in [4.78, 5) is 25.8. The lowest BCUT2D eigenvalue weighted by Crippen LogP contribution is -2.15. The van der Waals surface area contributed by atoms with Crippen molar-refractivity contribution in [3.05, 3.63) is 90.0 Å². The summed E-state index contributed by atoms with van der Waals surface area (Å²) in [6.45, 7) is 4.30. The lowest BCUT2D eigenvalue weighted by molar-refractivity contribution is 0.101. The molecular weight excluding hydrogens is 536 g/mol. The third-order valence-electron chi connectivity index (χ3n) is 6.22. The van der Waals surface area contributed by atoms with Crippen molar-refractivity contribution in [2.75, 3.05) is 49.1 Å². The molecule has 0 spiro atoms. The quantitative estimate of drug-likeness (QED) is 0.145. The average molecular weight is 571 g/mol. The number of nitrogens with one attached hydrogen (secondary N) is 3. The van der Waals surface area contributed by atoms with Crippen molar-refractivity contribution in [2.24, 2.45) is 0 Å². The maximum Gasteiger partial charge on any atom is 0.255 e. The standard InChI is InChI=1S/C32H34N4O6/c1-5-41-27-19-24(30(42-6-2)28(33)29(27)36-32(38)21-15-11-8-12-16-21)34-22-17-26(40-4)23(18-25(22)39-3)35-31(37)20-13-9-7-10-14-20/h7-19,34H,5-6,33H2,1-4H3,(H,35,37)(H,36,38). The minimum absolute atomic E-state index is 0.187. The molecule has 4 aromatic rings. The Balaban J connectivity index is 1.72. The molecule has 0 saturated carbocycles. The number of nitrogen functional groups attached to an aromatic ring is 1. The zero-order valence-corrected chi connectivity index (χ0v) is 23.9. The SMILES string of the molecule is CCOc1cc(Nc2cc(OC)c(NC(=O)c3ccccc3)cc2OC)c(OCC)c(N)c1NC(=O)c1ccccc1. The van der Waals surface area contributed by atoms with Crippen molar-refractivity contribution >= 4 is 40.3 Å². The first-order chi connectivity index (χ1) is 20.4. The summed E-state index contributed by atoms with van der Waals surface area (Å²) in [5.74, 6) is 0.836. The second kappa shape index (κ2) is 13.8. The molecule has 0 unspecified atom stereocenters. The van der Waals surface area contributed by atoms with Crippen LogP contribution in [0, 0.1) is 0 Å². The van der Waals surface area contributed by atoms with E-state index in [9.17, 15) is 9.59 Å². The molecule has 4 aromatic carbocycles. The number of hydrogen-bond acceptors (Lipinski definition) is 8. The van der Waals surface area contributed by atoms with Gasteiger partial charge in [-0.25, -0.2) is 0 Å². The molecule has 10 heteroatoms. The predicted molar refractivity (Wildman–Crippen MR) is 165 cm³/mol. The molecule has 0 radical (unpaired) electrons. The van der Waals surface area contributed by atoms with Crippen LogP contribution < -0.4 is 40.6 Å². The maximum absolute atomic E-state index is 13.0. The Labute approximate surface area is 244 Å². The van der Waals surface area contributed by atoms with Gasteiger partial charge >= 0.3 is 0 Å². The first kappa shape index (κ1) is 29.6. The van der Waals surface area contributed by atoms with Crippen molar-refractivity contribution in [2.45, 2.75) is 13.8 Å². The molecule has 218 valence electrons. The summed E-state index contributed by atoms with van der Waals surface area (Å²) >= 11 is 0. The molecule has 0 fully saturated rings. The van der Waals surface area contributed by atoms with E-state index in [0.29, 0.717) is 70.1 Å². The number of benzene rings is 4. The van der Waals surface area contributed by atoms with Gasteiger partial charge in [-0.15, -0.1) is 0 Å². The molecular formula is C32H34N4O6. The van der Waals surface area contributed by atoms with Gasteiger partial charge in [0.1, 0.15) is 28.6 Å². The van der Waals surface area contributed by atoms with E-state index < -0.39 is 0 Å². The Kier molecular flexibility index (Phi) is 9.73. The fraction of sp³-hybridized carbons (Fsp3) is 0.188. The highest BCUT2D eigenvalue weighted by Crippen LogP contribution is 2.47. The second-order valence-corrected chi connectivity index (χ2v) is 8.92. The highest BCUT2D eigenvalue weighted by atomic mass is 16.5. The van der Waals surface area contributed by atoms with Gasteiger partial charge in [0.25, 0.3) is 11.8 Å². The minimum atomic E-state index is -0.342. The van der Waals surface area contributed by atoms with Gasteiger partial charge in [-0.2, -0.15) is 0 Å². The van der Waals surface area contributed by atoms with Crippen molar-refractivity contribution in [3.63, 3.8) is 0 Å². The summed E-state index contributed by atoms with van der Waals surface area (Å²) in [6, 6.07) is 22.7. The van der Waals surface area contributed by atoms with E-state index in [2.05, 4.69) is 16.0 Å². The Morgan fingerprint density at radius 2 is 1.17 bits per heavy atom. The minimum Gasteiger partial charge on any atom is -0.494 e. The number of hydrogen-bond donors (Lipinski definition) is 4. The monoisotopic (exact) mass is 570 g/mol. The van der Waals surface area contributed by atoms with Gasteiger partial charge in [0.15, 0.2) is 5.75 Å². The van der Waals surface area contributed by atoms with Gasteiger partial charge in [-0.3, -0.25) is 9.59 Å². The molecule has 0 aliphatic heterocycles. The molecule has 0 aliphatic carbocycles. The van der Waals surface area contributed by atoms with E-state index in [-0.39, 0.29) is 17.5 Å². The topological polar surface area (TPSA) is 133 Å². The number of carbonyl (C=O) groups is 2. The number of carbonyl (C=O) groups excluding carboxylic acids is 2. The second-order valence-electron chi connectivity index (χ2n) is 8.92. The molecule has 0 saturated heterocycles. The van der Waals surface area contributed by atoms with Gasteiger partial charge in [0.05, 0.1) is 44.5 Å². The Bertz CT molecular complexity index is 1540. The Morgan fingerprint density at radius 3 is 1.71 bits per heavy atom. The smallest absolute Gasteiger partial charge is 0.255 e.